The van der Waals surface area contributed by atoms with Gasteiger partial charge in [0.15, 0.2) is 5.54 Å². The van der Waals surface area contributed by atoms with Crippen molar-refractivity contribution in [2.75, 3.05) is 14.2 Å². The van der Waals surface area contributed by atoms with Gasteiger partial charge in [-0.25, -0.2) is 4.79 Å². The lowest BCUT2D eigenvalue weighted by atomic mass is 9.89. The van der Waals surface area contributed by atoms with Crippen LogP contribution < -0.4 is 0 Å². The van der Waals surface area contributed by atoms with E-state index in [1.54, 1.807) is 24.3 Å². The maximum Gasteiger partial charge on any atom is 0.417 e. The van der Waals surface area contributed by atoms with Gasteiger partial charge in [-0.15, -0.1) is 0 Å². The molecule has 144 valence electrons. The van der Waals surface area contributed by atoms with E-state index in [9.17, 15) is 22.8 Å². The third kappa shape index (κ3) is 4.00. The van der Waals surface area contributed by atoms with Crippen LogP contribution in [0.25, 0.3) is 0 Å². The largest absolute Gasteiger partial charge is 0.467 e. The molecule has 0 N–H and O–H groups in total. The SMILES string of the molecule is COC(=O)[C@@](C)(c1ccc(Br)cc1)N(C)C(=O)c1ccccc1C(F)(F)F. The van der Waals surface area contributed by atoms with E-state index >= 15 is 0 Å². The molecule has 1 amide bonds. The third-order valence-corrected chi connectivity index (χ3v) is 4.96. The number of nitrogens with zero attached hydrogens (tertiary/aromatic N) is 1. The Hall–Kier alpha value is -2.35. The van der Waals surface area contributed by atoms with Crippen LogP contribution in [0.15, 0.2) is 53.0 Å². The van der Waals surface area contributed by atoms with E-state index in [0.717, 1.165) is 28.6 Å². The number of likely N-dealkylation sites (N-methyl/N-ethyl adjacent to an activating group) is 1. The van der Waals surface area contributed by atoms with Gasteiger partial charge in [0.05, 0.1) is 18.2 Å². The van der Waals surface area contributed by atoms with Crippen LogP contribution >= 0.6 is 15.9 Å². The van der Waals surface area contributed by atoms with Gasteiger partial charge < -0.3 is 9.64 Å². The molecule has 2 rings (SSSR count). The minimum Gasteiger partial charge on any atom is -0.467 e. The van der Waals surface area contributed by atoms with Gasteiger partial charge in [-0.1, -0.05) is 40.2 Å². The molecule has 0 spiro atoms. The summed E-state index contributed by atoms with van der Waals surface area (Å²) < 4.78 is 45.5. The van der Waals surface area contributed by atoms with E-state index in [1.165, 1.54) is 26.1 Å². The normalized spacial score (nSPS) is 13.6. The van der Waals surface area contributed by atoms with Crippen LogP contribution in [-0.2, 0) is 21.2 Å². The number of ether oxygens (including phenoxy) is 1. The first-order valence-electron chi connectivity index (χ1n) is 7.82. The zero-order valence-corrected chi connectivity index (χ0v) is 16.4. The van der Waals surface area contributed by atoms with Crippen LogP contribution in [0, 0.1) is 0 Å². The minimum absolute atomic E-state index is 0.401. The van der Waals surface area contributed by atoms with Crippen molar-refractivity contribution in [3.05, 3.63) is 69.7 Å². The Labute approximate surface area is 163 Å². The molecule has 0 heterocycles. The maximum atomic E-state index is 13.3. The Morgan fingerprint density at radius 1 is 1.04 bits per heavy atom. The smallest absolute Gasteiger partial charge is 0.417 e. The van der Waals surface area contributed by atoms with E-state index in [-0.39, 0.29) is 0 Å². The fraction of sp³-hybridized carbons (Fsp3) is 0.263. The number of esters is 1. The molecule has 0 aromatic heterocycles. The molecule has 0 saturated carbocycles. The van der Waals surface area contributed by atoms with Gasteiger partial charge in [-0.2, -0.15) is 13.2 Å². The quantitative estimate of drug-likeness (QED) is 0.647. The van der Waals surface area contributed by atoms with Gasteiger partial charge >= 0.3 is 12.1 Å². The van der Waals surface area contributed by atoms with Crippen LogP contribution in [0.1, 0.15) is 28.4 Å². The summed E-state index contributed by atoms with van der Waals surface area (Å²) >= 11 is 3.28. The van der Waals surface area contributed by atoms with Crippen molar-refractivity contribution in [1.29, 1.82) is 0 Å². The second-order valence-electron chi connectivity index (χ2n) is 5.98. The van der Waals surface area contributed by atoms with Crippen molar-refractivity contribution in [3.8, 4) is 0 Å². The monoisotopic (exact) mass is 443 g/mol. The van der Waals surface area contributed by atoms with Gasteiger partial charge in [0.25, 0.3) is 5.91 Å². The minimum atomic E-state index is -4.70. The first kappa shape index (κ1) is 21.0. The highest BCUT2D eigenvalue weighted by Crippen LogP contribution is 2.35. The summed E-state index contributed by atoms with van der Waals surface area (Å²) in [6, 6.07) is 11.0. The van der Waals surface area contributed by atoms with Crippen molar-refractivity contribution in [2.24, 2.45) is 0 Å². The molecule has 0 radical (unpaired) electrons. The average Bonchev–Trinajstić information content (AvgIpc) is 2.65. The van der Waals surface area contributed by atoms with Crippen LogP contribution in [0.5, 0.6) is 0 Å². The second-order valence-corrected chi connectivity index (χ2v) is 6.89. The number of alkyl halides is 3. The molecule has 2 aromatic carbocycles. The molecule has 0 fully saturated rings. The van der Waals surface area contributed by atoms with Crippen molar-refractivity contribution in [1.82, 2.24) is 4.90 Å². The van der Waals surface area contributed by atoms with Crippen LogP contribution in [0.4, 0.5) is 13.2 Å². The Balaban J connectivity index is 2.57. The molecule has 2 aromatic rings. The number of methoxy groups -OCH3 is 1. The fourth-order valence-electron chi connectivity index (χ4n) is 2.72. The topological polar surface area (TPSA) is 46.6 Å². The molecule has 27 heavy (non-hydrogen) atoms. The van der Waals surface area contributed by atoms with Crippen molar-refractivity contribution >= 4 is 27.8 Å². The summed E-state index contributed by atoms with van der Waals surface area (Å²) in [6.45, 7) is 1.43. The number of benzene rings is 2. The molecule has 1 atom stereocenters. The van der Waals surface area contributed by atoms with Crippen LogP contribution in [0.3, 0.4) is 0 Å². The van der Waals surface area contributed by atoms with Crippen molar-refractivity contribution in [3.63, 3.8) is 0 Å². The van der Waals surface area contributed by atoms with Crippen LogP contribution in [0.2, 0.25) is 0 Å². The Morgan fingerprint density at radius 2 is 1.59 bits per heavy atom. The van der Waals surface area contributed by atoms with Gasteiger partial charge in [0.1, 0.15) is 0 Å². The summed E-state index contributed by atoms with van der Waals surface area (Å²) in [4.78, 5) is 26.4. The Bertz CT molecular complexity index is 852. The molecule has 8 heteroatoms. The maximum absolute atomic E-state index is 13.3. The molecule has 0 aliphatic heterocycles. The molecule has 0 unspecified atom stereocenters. The molecule has 0 aliphatic carbocycles. The highest BCUT2D eigenvalue weighted by Gasteiger charge is 2.45. The van der Waals surface area contributed by atoms with Crippen molar-refractivity contribution < 1.29 is 27.5 Å². The van der Waals surface area contributed by atoms with Crippen LogP contribution in [-0.4, -0.2) is 30.9 Å². The van der Waals surface area contributed by atoms with Crippen molar-refractivity contribution in [2.45, 2.75) is 18.6 Å². The number of hydrogen-bond acceptors (Lipinski definition) is 3. The van der Waals surface area contributed by atoms with E-state index in [4.69, 9.17) is 4.74 Å². The number of carbonyl (C=O) groups is 2. The van der Waals surface area contributed by atoms with E-state index < -0.39 is 34.7 Å². The lowest BCUT2D eigenvalue weighted by Crippen LogP contribution is -2.51. The summed E-state index contributed by atoms with van der Waals surface area (Å²) in [5.41, 5.74) is -2.83. The third-order valence-electron chi connectivity index (χ3n) is 4.43. The highest BCUT2D eigenvalue weighted by atomic mass is 79.9. The summed E-state index contributed by atoms with van der Waals surface area (Å²) in [6.07, 6.45) is -4.70. The van der Waals surface area contributed by atoms with E-state index in [1.807, 2.05) is 0 Å². The summed E-state index contributed by atoms with van der Waals surface area (Å²) in [7, 11) is 2.43. The first-order chi connectivity index (χ1) is 12.5. The summed E-state index contributed by atoms with van der Waals surface area (Å²) in [5, 5.41) is 0. The summed E-state index contributed by atoms with van der Waals surface area (Å²) in [5.74, 6) is -1.72. The van der Waals surface area contributed by atoms with E-state index in [2.05, 4.69) is 15.9 Å². The molecule has 0 aliphatic rings. The number of halogens is 4. The Kier molecular flexibility index (Phi) is 5.99. The lowest BCUT2D eigenvalue weighted by Gasteiger charge is -2.37. The zero-order valence-electron chi connectivity index (χ0n) is 14.8. The Morgan fingerprint density at radius 3 is 2.11 bits per heavy atom. The number of amides is 1. The predicted molar refractivity (Wildman–Crippen MR) is 97.0 cm³/mol. The molecule has 4 nitrogen and oxygen atoms in total. The standard InChI is InChI=1S/C19H17BrF3NO3/c1-18(17(26)27-3,12-8-10-13(20)11-9-12)24(2)16(25)14-6-4-5-7-15(14)19(21,22)23/h4-11H,1-3H3/t18-/m1/s1. The predicted octanol–water partition coefficient (Wildman–Crippen LogP) is 4.63. The molecular formula is C19H17BrF3NO3. The first-order valence-corrected chi connectivity index (χ1v) is 8.61. The second kappa shape index (κ2) is 7.72. The molecular weight excluding hydrogens is 427 g/mol. The molecule has 0 saturated heterocycles. The lowest BCUT2D eigenvalue weighted by molar-refractivity contribution is -0.152. The number of hydrogen-bond donors (Lipinski definition) is 0. The molecule has 0 bridgehead atoms. The highest BCUT2D eigenvalue weighted by molar-refractivity contribution is 9.10. The average molecular weight is 444 g/mol. The van der Waals surface area contributed by atoms with Gasteiger partial charge in [-0.3, -0.25) is 4.79 Å². The van der Waals surface area contributed by atoms with Gasteiger partial charge in [-0.05, 0) is 36.8 Å². The van der Waals surface area contributed by atoms with Gasteiger partial charge in [0, 0.05) is 11.5 Å². The van der Waals surface area contributed by atoms with E-state index in [0.29, 0.717) is 5.56 Å². The zero-order chi connectivity index (χ0) is 20.4. The number of carbonyl (C=O) groups excluding carboxylic acids is 2. The number of rotatable bonds is 4. The fourth-order valence-corrected chi connectivity index (χ4v) is 2.99. The van der Waals surface area contributed by atoms with Gasteiger partial charge in [0.2, 0.25) is 0 Å².